The number of aromatic nitrogens is 2. The van der Waals surface area contributed by atoms with Crippen molar-refractivity contribution in [3.05, 3.63) is 46.7 Å². The monoisotopic (exact) mass is 660 g/mol. The molecule has 0 radical (unpaired) electrons. The van der Waals surface area contributed by atoms with E-state index in [0.717, 1.165) is 5.56 Å². The Bertz CT molecular complexity index is 1410. The van der Waals surface area contributed by atoms with Crippen molar-refractivity contribution in [1.82, 2.24) is 20.6 Å². The minimum atomic E-state index is -4.77. The topological polar surface area (TPSA) is 145 Å². The summed E-state index contributed by atoms with van der Waals surface area (Å²) in [5.41, 5.74) is 0.998. The van der Waals surface area contributed by atoms with Gasteiger partial charge in [-0.15, -0.1) is 0 Å². The van der Waals surface area contributed by atoms with Crippen LogP contribution in [-0.4, -0.2) is 72.9 Å². The van der Waals surface area contributed by atoms with Crippen molar-refractivity contribution in [2.45, 2.75) is 63.6 Å². The van der Waals surface area contributed by atoms with Crippen molar-refractivity contribution in [1.29, 1.82) is 0 Å². The van der Waals surface area contributed by atoms with Crippen LogP contribution in [0.3, 0.4) is 0 Å². The zero-order valence-corrected chi connectivity index (χ0v) is 25.6. The summed E-state index contributed by atoms with van der Waals surface area (Å²) in [5, 5.41) is 5.65. The number of alkyl halides is 3. The van der Waals surface area contributed by atoms with Crippen LogP contribution < -0.4 is 20.4 Å². The molecule has 3 heterocycles. The molecule has 2 aliphatic rings. The molecule has 2 aliphatic heterocycles. The molecule has 0 saturated carbocycles. The number of nitrogens with zero attached hydrogens (tertiary/aromatic N) is 4. The Balaban J connectivity index is 1.35. The van der Waals surface area contributed by atoms with Crippen LogP contribution in [0.1, 0.15) is 56.3 Å². The second-order valence-electron chi connectivity index (χ2n) is 11.1. The number of hydrogen-bond donors (Lipinski definition) is 3. The number of piperidine rings is 1. The molecule has 1 unspecified atom stereocenters. The zero-order chi connectivity index (χ0) is 31.9. The average Bonchev–Trinajstić information content (AvgIpc) is 3.47. The molecule has 44 heavy (non-hydrogen) atoms. The molecule has 242 valence electrons. The quantitative estimate of drug-likeness (QED) is 0.289. The Morgan fingerprint density at radius 3 is 2.36 bits per heavy atom. The van der Waals surface area contributed by atoms with E-state index in [9.17, 15) is 31.2 Å². The van der Waals surface area contributed by atoms with Crippen molar-refractivity contribution in [2.75, 3.05) is 41.9 Å². The van der Waals surface area contributed by atoms with Crippen molar-refractivity contribution >= 4 is 45.2 Å². The number of carbonyl (C=O) groups is 2. The Kier molecular flexibility index (Phi) is 11.3. The van der Waals surface area contributed by atoms with E-state index in [2.05, 4.69) is 20.6 Å². The second kappa shape index (κ2) is 14.7. The average molecular weight is 661 g/mol. The van der Waals surface area contributed by atoms with Gasteiger partial charge >= 0.3 is 6.18 Å². The molecule has 2 aromatic rings. The minimum absolute atomic E-state index is 0.0655. The lowest BCUT2D eigenvalue weighted by Gasteiger charge is -2.34. The molecule has 0 spiro atoms. The molecule has 1 aromatic heterocycles. The zero-order valence-electron chi connectivity index (χ0n) is 24.0. The van der Waals surface area contributed by atoms with Crippen LogP contribution in [0.4, 0.5) is 24.8 Å². The number of amides is 2. The van der Waals surface area contributed by atoms with Gasteiger partial charge in [0, 0.05) is 43.7 Å². The first-order valence-electron chi connectivity index (χ1n) is 14.5. The molecule has 0 aliphatic carbocycles. The summed E-state index contributed by atoms with van der Waals surface area (Å²) in [6.07, 6.45) is -0.398. The number of carbonyl (C=O) groups excluding carboxylic acids is 2. The molecule has 16 heteroatoms. The van der Waals surface area contributed by atoms with Gasteiger partial charge in [-0.05, 0) is 68.6 Å². The Morgan fingerprint density at radius 2 is 1.70 bits per heavy atom. The van der Waals surface area contributed by atoms with Gasteiger partial charge in [-0.1, -0.05) is 23.7 Å². The fraction of sp³-hybridized carbons (Fsp3) is 0.571. The smallest absolute Gasteiger partial charge is 0.356 e. The molecule has 3 N–H and O–H groups in total. The highest BCUT2D eigenvalue weighted by Gasteiger charge is 2.39. The highest BCUT2D eigenvalue weighted by Crippen LogP contribution is 2.34. The summed E-state index contributed by atoms with van der Waals surface area (Å²) in [6, 6.07) is 8.15. The van der Waals surface area contributed by atoms with Gasteiger partial charge in [0.2, 0.25) is 17.6 Å². The van der Waals surface area contributed by atoms with E-state index in [1.54, 1.807) is 21.9 Å². The van der Waals surface area contributed by atoms with Crippen LogP contribution in [0.15, 0.2) is 30.3 Å². The minimum Gasteiger partial charge on any atom is -0.356 e. The lowest BCUT2D eigenvalue weighted by molar-refractivity contribution is -0.144. The first-order chi connectivity index (χ1) is 20.8. The van der Waals surface area contributed by atoms with Gasteiger partial charge < -0.3 is 20.4 Å². The Morgan fingerprint density at radius 1 is 1.02 bits per heavy atom. The van der Waals surface area contributed by atoms with E-state index < -0.39 is 39.9 Å². The number of hydrogen-bond acceptors (Lipinski definition) is 8. The third-order valence-corrected chi connectivity index (χ3v) is 8.60. The van der Waals surface area contributed by atoms with E-state index in [-0.39, 0.29) is 29.9 Å². The third kappa shape index (κ3) is 9.92. The number of anilines is 2. The van der Waals surface area contributed by atoms with E-state index in [1.165, 1.54) is 6.07 Å². The van der Waals surface area contributed by atoms with Crippen molar-refractivity contribution in [3.8, 4) is 0 Å². The highest BCUT2D eigenvalue weighted by molar-refractivity contribution is 7.85. The van der Waals surface area contributed by atoms with Crippen molar-refractivity contribution in [3.63, 3.8) is 0 Å². The van der Waals surface area contributed by atoms with Crippen LogP contribution >= 0.6 is 11.6 Å². The lowest BCUT2D eigenvalue weighted by atomic mass is 9.91. The number of halogens is 4. The summed E-state index contributed by atoms with van der Waals surface area (Å²) in [7, 11) is -4.28. The molecule has 2 saturated heterocycles. The number of rotatable bonds is 12. The molecule has 2 fully saturated rings. The highest BCUT2D eigenvalue weighted by atomic mass is 35.5. The molecule has 4 rings (SSSR count). The molecular weight excluding hydrogens is 625 g/mol. The summed E-state index contributed by atoms with van der Waals surface area (Å²) < 4.78 is 71.8. The fourth-order valence-electron chi connectivity index (χ4n) is 5.53. The van der Waals surface area contributed by atoms with Crippen LogP contribution in [-0.2, 0) is 32.3 Å². The van der Waals surface area contributed by atoms with E-state index in [0.29, 0.717) is 76.1 Å². The summed E-state index contributed by atoms with van der Waals surface area (Å²) in [4.78, 5) is 35.9. The molecule has 0 bridgehead atoms. The molecular formula is C28H36ClF3N6O5S. The van der Waals surface area contributed by atoms with Gasteiger partial charge in [0.25, 0.3) is 10.1 Å². The van der Waals surface area contributed by atoms with Gasteiger partial charge in [0.1, 0.15) is 23.6 Å². The van der Waals surface area contributed by atoms with Gasteiger partial charge in [0.05, 0.1) is 0 Å². The number of benzene rings is 1. The van der Waals surface area contributed by atoms with Crippen LogP contribution in [0.2, 0.25) is 5.02 Å². The molecule has 11 nitrogen and oxygen atoms in total. The van der Waals surface area contributed by atoms with Crippen LogP contribution in [0.25, 0.3) is 0 Å². The third-order valence-electron chi connectivity index (χ3n) is 7.84. The van der Waals surface area contributed by atoms with Gasteiger partial charge in [0.15, 0.2) is 0 Å². The van der Waals surface area contributed by atoms with Crippen LogP contribution in [0.5, 0.6) is 0 Å². The van der Waals surface area contributed by atoms with Crippen molar-refractivity contribution < 1.29 is 35.7 Å². The Hall–Kier alpha value is -3.17. The lowest BCUT2D eigenvalue weighted by Crippen LogP contribution is -2.44. The number of nitrogens with one attached hydrogen (secondary N) is 2. The predicted molar refractivity (Wildman–Crippen MR) is 159 cm³/mol. The van der Waals surface area contributed by atoms with E-state index in [1.807, 2.05) is 12.1 Å². The normalized spacial score (nSPS) is 18.0. The summed E-state index contributed by atoms with van der Waals surface area (Å²) in [6.45, 7) is 1.69. The molecule has 1 atom stereocenters. The second-order valence-corrected chi connectivity index (χ2v) is 13.0. The van der Waals surface area contributed by atoms with Gasteiger partial charge in [-0.3, -0.25) is 14.1 Å². The van der Waals surface area contributed by atoms with Gasteiger partial charge in [-0.2, -0.15) is 21.6 Å². The maximum absolute atomic E-state index is 13.9. The van der Waals surface area contributed by atoms with Crippen LogP contribution in [0, 0.1) is 5.92 Å². The molecule has 1 aromatic carbocycles. The SMILES string of the molecule is O=C(CCCC1CCN(c2cc(N3CCCC3C(=O)NCCc3ccc(Cl)cc3)nc(C(F)(F)F)n2)CC1)NCS(=O)(=O)O. The largest absolute Gasteiger partial charge is 0.451 e. The van der Waals surface area contributed by atoms with Gasteiger partial charge in [-0.25, -0.2) is 9.97 Å². The fourth-order valence-corrected chi connectivity index (χ4v) is 6.00. The van der Waals surface area contributed by atoms with E-state index in [4.69, 9.17) is 16.2 Å². The molecule has 2 amide bonds. The standard InChI is InChI=1S/C28H36ClF3N6O5S/c29-21-8-6-20(7-9-21)10-13-33-26(40)22-4-2-14-38(22)24-17-23(35-27(36-24)28(30,31)32)37-15-11-19(12-16-37)3-1-5-25(39)34-18-44(41,42)43/h6-9,17,19,22H,1-5,10-16,18H2,(H,33,40)(H,34,39)(H,41,42,43). The maximum atomic E-state index is 13.9. The first kappa shape index (κ1) is 33.7. The summed E-state index contributed by atoms with van der Waals surface area (Å²) in [5.74, 6) is -2.38. The van der Waals surface area contributed by atoms with E-state index >= 15 is 0 Å². The first-order valence-corrected chi connectivity index (χ1v) is 16.5. The summed E-state index contributed by atoms with van der Waals surface area (Å²) >= 11 is 5.92. The maximum Gasteiger partial charge on any atom is 0.451 e. The predicted octanol–water partition coefficient (Wildman–Crippen LogP) is 3.82. The Labute approximate surface area is 259 Å². The van der Waals surface area contributed by atoms with Crippen molar-refractivity contribution in [2.24, 2.45) is 5.92 Å².